The first-order valence-corrected chi connectivity index (χ1v) is 14.7. The first kappa shape index (κ1) is 26.3. The number of amides is 2. The van der Waals surface area contributed by atoms with Crippen LogP contribution in [-0.2, 0) is 23.6 Å². The Morgan fingerprint density at radius 1 is 1.20 bits per heavy atom. The molecule has 4 heterocycles. The summed E-state index contributed by atoms with van der Waals surface area (Å²) < 4.78 is 34.9. The van der Waals surface area contributed by atoms with Gasteiger partial charge in [0.05, 0.1) is 34.7 Å². The molecule has 1 fully saturated rings. The lowest BCUT2D eigenvalue weighted by Gasteiger charge is -2.29. The third kappa shape index (κ3) is 4.58. The Morgan fingerprint density at radius 2 is 1.98 bits per heavy atom. The van der Waals surface area contributed by atoms with E-state index in [9.17, 15) is 18.0 Å². The minimum absolute atomic E-state index is 0.0346. The Balaban J connectivity index is 1.57. The molecule has 3 aromatic heterocycles. The van der Waals surface area contributed by atoms with E-state index in [0.717, 1.165) is 24.0 Å². The molecule has 6 rings (SSSR count). The highest BCUT2D eigenvalue weighted by atomic mass is 32.2. The number of benzene rings is 1. The quantitative estimate of drug-likeness (QED) is 0.382. The number of aryl methyl sites for hydroxylation is 1. The van der Waals surface area contributed by atoms with Crippen LogP contribution in [0.1, 0.15) is 37.3 Å². The van der Waals surface area contributed by atoms with Gasteiger partial charge in [0, 0.05) is 63.2 Å². The van der Waals surface area contributed by atoms with Crippen molar-refractivity contribution < 1.29 is 13.2 Å². The van der Waals surface area contributed by atoms with Crippen molar-refractivity contribution in [1.82, 2.24) is 38.5 Å². The first-order valence-electron chi connectivity index (χ1n) is 13.2. The van der Waals surface area contributed by atoms with Crippen LogP contribution in [0.2, 0.25) is 0 Å². The van der Waals surface area contributed by atoms with Crippen LogP contribution in [0, 0.1) is 0 Å². The second-order valence-corrected chi connectivity index (χ2v) is 12.8. The standard InChI is InChI=1S/C27H32N8O4S/c1-27(8-9-27)30-40(38,39)20-13-21(19-6-11-33(12-7-19)26(37)31(2)3)24-22(14-20)25(36)34(23-5-10-28-35(23)24)17-18-15-29-32(4)16-18/h5-6,10,13-16,30H,7-9,11-12,17H2,1-4H3. The topological polar surface area (TPSA) is 127 Å². The molecule has 40 heavy (non-hydrogen) atoms. The predicted molar refractivity (Wildman–Crippen MR) is 150 cm³/mol. The van der Waals surface area contributed by atoms with E-state index < -0.39 is 15.6 Å². The average molecular weight is 565 g/mol. The number of carbonyl (C=O) groups is 1. The van der Waals surface area contributed by atoms with Crippen LogP contribution in [-0.4, -0.2) is 80.9 Å². The van der Waals surface area contributed by atoms with Crippen LogP contribution in [0.4, 0.5) is 4.79 Å². The normalized spacial score (nSPS) is 16.9. The Kier molecular flexibility index (Phi) is 6.11. The van der Waals surface area contributed by atoms with Gasteiger partial charge in [-0.2, -0.15) is 10.2 Å². The number of nitrogens with one attached hydrogen (secondary N) is 1. The van der Waals surface area contributed by atoms with Crippen molar-refractivity contribution in [2.75, 3.05) is 27.2 Å². The van der Waals surface area contributed by atoms with Gasteiger partial charge in [-0.1, -0.05) is 6.08 Å². The second-order valence-electron chi connectivity index (χ2n) is 11.2. The number of fused-ring (bicyclic) bond motifs is 3. The second kappa shape index (κ2) is 9.30. The van der Waals surface area contributed by atoms with Crippen molar-refractivity contribution in [3.63, 3.8) is 0 Å². The molecular formula is C27H32N8O4S. The van der Waals surface area contributed by atoms with Crippen LogP contribution in [0.5, 0.6) is 0 Å². The summed E-state index contributed by atoms with van der Waals surface area (Å²) in [7, 11) is 1.32. The summed E-state index contributed by atoms with van der Waals surface area (Å²) in [6.07, 6.45) is 9.13. The van der Waals surface area contributed by atoms with Gasteiger partial charge in [-0.25, -0.2) is 22.4 Å². The highest BCUT2D eigenvalue weighted by Gasteiger charge is 2.41. The number of nitrogens with zero attached hydrogens (tertiary/aromatic N) is 7. The summed E-state index contributed by atoms with van der Waals surface area (Å²) >= 11 is 0. The molecule has 1 aromatic carbocycles. The summed E-state index contributed by atoms with van der Waals surface area (Å²) in [6.45, 7) is 2.98. The lowest BCUT2D eigenvalue weighted by Crippen LogP contribution is -2.41. The van der Waals surface area contributed by atoms with E-state index in [4.69, 9.17) is 0 Å². The van der Waals surface area contributed by atoms with E-state index in [1.54, 1.807) is 57.3 Å². The molecule has 2 aliphatic rings. The fourth-order valence-corrected chi connectivity index (χ4v) is 6.77. The molecule has 210 valence electrons. The SMILES string of the molecule is CN(C)C(=O)N1CC=C(c2cc(S(=O)(=O)NC3(C)CC3)cc3c(=O)n(Cc4cnn(C)c4)c4ccnn4c23)CC1. The van der Waals surface area contributed by atoms with Crippen molar-refractivity contribution in [2.24, 2.45) is 7.05 Å². The van der Waals surface area contributed by atoms with Gasteiger partial charge in [0.15, 0.2) is 0 Å². The van der Waals surface area contributed by atoms with Crippen LogP contribution in [0.3, 0.4) is 0 Å². The first-order chi connectivity index (χ1) is 19.0. The minimum Gasteiger partial charge on any atom is -0.331 e. The summed E-state index contributed by atoms with van der Waals surface area (Å²) in [4.78, 5) is 29.9. The maximum Gasteiger partial charge on any atom is 0.319 e. The molecule has 1 saturated carbocycles. The third-order valence-corrected chi connectivity index (χ3v) is 9.29. The summed E-state index contributed by atoms with van der Waals surface area (Å²) in [6, 6.07) is 4.78. The van der Waals surface area contributed by atoms with Crippen LogP contribution in [0.15, 0.2) is 52.6 Å². The molecule has 1 N–H and O–H groups in total. The van der Waals surface area contributed by atoms with Gasteiger partial charge in [-0.05, 0) is 43.9 Å². The molecule has 1 aliphatic heterocycles. The molecule has 1 aliphatic carbocycles. The number of carbonyl (C=O) groups excluding carboxylic acids is 1. The summed E-state index contributed by atoms with van der Waals surface area (Å²) in [5, 5.41) is 9.02. The molecule has 2 amide bonds. The number of sulfonamides is 1. The maximum atomic E-state index is 14.1. The fourth-order valence-electron chi connectivity index (χ4n) is 5.25. The smallest absolute Gasteiger partial charge is 0.319 e. The van der Waals surface area contributed by atoms with E-state index in [-0.39, 0.29) is 28.4 Å². The number of hydrogen-bond acceptors (Lipinski definition) is 6. The van der Waals surface area contributed by atoms with Crippen molar-refractivity contribution in [3.05, 3.63) is 64.3 Å². The summed E-state index contributed by atoms with van der Waals surface area (Å²) in [5.41, 5.74) is 2.66. The predicted octanol–water partition coefficient (Wildman–Crippen LogP) is 2.03. The molecule has 13 heteroatoms. The van der Waals surface area contributed by atoms with Crippen molar-refractivity contribution in [2.45, 2.75) is 43.2 Å². The van der Waals surface area contributed by atoms with Gasteiger partial charge in [-0.3, -0.25) is 14.0 Å². The van der Waals surface area contributed by atoms with Gasteiger partial charge in [-0.15, -0.1) is 0 Å². The van der Waals surface area contributed by atoms with E-state index in [1.807, 2.05) is 26.2 Å². The number of aromatic nitrogens is 5. The van der Waals surface area contributed by atoms with Gasteiger partial charge < -0.3 is 9.80 Å². The zero-order valence-corrected chi connectivity index (χ0v) is 23.8. The minimum atomic E-state index is -3.91. The van der Waals surface area contributed by atoms with E-state index in [1.165, 1.54) is 11.0 Å². The lowest BCUT2D eigenvalue weighted by atomic mass is 9.97. The van der Waals surface area contributed by atoms with Crippen LogP contribution < -0.4 is 10.3 Å². The number of urea groups is 1. The fraction of sp³-hybridized carbons (Fsp3) is 0.407. The van der Waals surface area contributed by atoms with Crippen molar-refractivity contribution in [1.29, 1.82) is 0 Å². The zero-order chi connectivity index (χ0) is 28.4. The van der Waals surface area contributed by atoms with E-state index >= 15 is 0 Å². The largest absolute Gasteiger partial charge is 0.331 e. The average Bonchev–Trinajstić information content (AvgIpc) is 3.27. The van der Waals surface area contributed by atoms with Gasteiger partial charge >= 0.3 is 6.03 Å². The molecule has 0 atom stereocenters. The maximum absolute atomic E-state index is 14.1. The number of rotatable bonds is 6. The van der Waals surface area contributed by atoms with E-state index in [0.29, 0.717) is 36.2 Å². The molecule has 0 saturated heterocycles. The van der Waals surface area contributed by atoms with Gasteiger partial charge in [0.1, 0.15) is 5.65 Å². The van der Waals surface area contributed by atoms with Crippen LogP contribution >= 0.6 is 0 Å². The molecule has 0 unspecified atom stereocenters. The van der Waals surface area contributed by atoms with Crippen LogP contribution in [0.25, 0.3) is 22.1 Å². The molecule has 0 spiro atoms. The highest BCUT2D eigenvalue weighted by Crippen LogP contribution is 2.37. The Hall–Kier alpha value is -3.97. The molecule has 0 bridgehead atoms. The lowest BCUT2D eigenvalue weighted by molar-refractivity contribution is 0.176. The molecular weight excluding hydrogens is 532 g/mol. The molecule has 12 nitrogen and oxygen atoms in total. The van der Waals surface area contributed by atoms with Crippen molar-refractivity contribution >= 4 is 38.2 Å². The van der Waals surface area contributed by atoms with Gasteiger partial charge in [0.25, 0.3) is 5.56 Å². The molecule has 0 radical (unpaired) electrons. The Bertz CT molecular complexity index is 1860. The van der Waals surface area contributed by atoms with Gasteiger partial charge in [0.2, 0.25) is 10.0 Å². The molecule has 4 aromatic rings. The third-order valence-electron chi connectivity index (χ3n) is 7.67. The summed E-state index contributed by atoms with van der Waals surface area (Å²) in [5.74, 6) is 0. The van der Waals surface area contributed by atoms with E-state index in [2.05, 4.69) is 14.9 Å². The highest BCUT2D eigenvalue weighted by molar-refractivity contribution is 7.89. The van der Waals surface area contributed by atoms with Crippen molar-refractivity contribution in [3.8, 4) is 0 Å². The Labute approximate surface area is 231 Å². The monoisotopic (exact) mass is 564 g/mol. The Morgan fingerprint density at radius 3 is 2.60 bits per heavy atom. The number of hydrogen-bond donors (Lipinski definition) is 1. The zero-order valence-electron chi connectivity index (χ0n) is 23.0.